The lowest BCUT2D eigenvalue weighted by atomic mass is 9.91. The Hall–Kier alpha value is -5.00. The third-order valence-corrected chi connectivity index (χ3v) is 21.4. The summed E-state index contributed by atoms with van der Waals surface area (Å²) in [5, 5.41) is 38.6. The van der Waals surface area contributed by atoms with Gasteiger partial charge in [0, 0.05) is 42.0 Å². The number of hydrogen-bond acceptors (Lipinski definition) is 12. The summed E-state index contributed by atoms with van der Waals surface area (Å²) in [6.07, 6.45) is 6.81. The summed E-state index contributed by atoms with van der Waals surface area (Å²) in [5.74, 6) is -0.563. The second-order valence-electron chi connectivity index (χ2n) is 20.2. The van der Waals surface area contributed by atoms with Gasteiger partial charge in [-0.25, -0.2) is 9.48 Å². The zero-order chi connectivity index (χ0) is 47.8. The highest BCUT2D eigenvalue weighted by Crippen LogP contribution is 2.43. The Morgan fingerprint density at radius 3 is 2.51 bits per heavy atom. The molecule has 7 aromatic rings. The van der Waals surface area contributed by atoms with Crippen molar-refractivity contribution >= 4 is 58.9 Å². The molecule has 0 aliphatic heterocycles. The van der Waals surface area contributed by atoms with Gasteiger partial charge in [0.1, 0.15) is 17.4 Å². The molecule has 1 fully saturated rings. The van der Waals surface area contributed by atoms with Gasteiger partial charge in [-0.15, -0.1) is 27.8 Å². The number of ether oxygens (including phenoxy) is 1. The van der Waals surface area contributed by atoms with Crippen molar-refractivity contribution in [3.05, 3.63) is 133 Å². The van der Waals surface area contributed by atoms with Crippen molar-refractivity contribution in [2.75, 3.05) is 20.1 Å². The lowest BCUT2D eigenvalue weighted by Gasteiger charge is -2.39. The molecule has 4 N–H and O–H groups in total. The summed E-state index contributed by atoms with van der Waals surface area (Å²) in [7, 11) is -0.0407. The molecule has 2 aliphatic rings. The minimum Gasteiger partial charge on any atom is -0.506 e. The molecular weight excluding hydrogens is 909 g/mol. The third kappa shape index (κ3) is 9.76. The summed E-state index contributed by atoms with van der Waals surface area (Å²) >= 11 is 2.79. The number of phenols is 1. The van der Waals surface area contributed by atoms with E-state index in [-0.39, 0.29) is 28.6 Å². The zero-order valence-corrected chi connectivity index (χ0v) is 42.6. The molecule has 4 aromatic heterocycles. The highest BCUT2D eigenvalue weighted by molar-refractivity contribution is 7.16. The molecular formula is C53H64N6O6S2Si. The predicted molar refractivity (Wildman–Crippen MR) is 275 cm³/mol. The summed E-state index contributed by atoms with van der Waals surface area (Å²) in [6, 6.07) is 26.9. The number of aliphatic hydroxyl groups is 1. The molecule has 15 heteroatoms. The van der Waals surface area contributed by atoms with Crippen molar-refractivity contribution in [2.45, 2.75) is 127 Å². The number of H-pyrrole nitrogens is 1. The molecule has 0 spiro atoms. The number of carbonyl (C=O) groups excluding carboxylic acids is 1. The van der Waals surface area contributed by atoms with Crippen molar-refractivity contribution < 1.29 is 24.2 Å². The first-order chi connectivity index (χ1) is 32.6. The minimum absolute atomic E-state index is 0.0163. The van der Waals surface area contributed by atoms with Crippen LogP contribution >= 0.6 is 22.7 Å². The second kappa shape index (κ2) is 19.8. The fraction of sp³-hybridized carbons (Fsp3) is 0.434. The maximum Gasteiger partial charge on any atom is 0.349 e. The first-order valence-electron chi connectivity index (χ1n) is 24.0. The lowest BCUT2D eigenvalue weighted by Crippen LogP contribution is -2.43. The van der Waals surface area contributed by atoms with E-state index in [1.807, 2.05) is 66.0 Å². The van der Waals surface area contributed by atoms with Gasteiger partial charge in [0.15, 0.2) is 8.32 Å². The van der Waals surface area contributed by atoms with E-state index in [0.29, 0.717) is 34.4 Å². The Kier molecular flexibility index (Phi) is 14.0. The average Bonchev–Trinajstić information content (AvgIpc) is 4.17. The topological polar surface area (TPSA) is 155 Å². The number of benzene rings is 3. The van der Waals surface area contributed by atoms with Gasteiger partial charge < -0.3 is 34.6 Å². The number of thiophene rings is 2. The third-order valence-electron chi connectivity index (χ3n) is 14.7. The second-order valence-corrected chi connectivity index (χ2v) is 27.0. The van der Waals surface area contributed by atoms with E-state index in [0.717, 1.165) is 96.9 Å². The van der Waals surface area contributed by atoms with Gasteiger partial charge in [-0.1, -0.05) is 68.4 Å². The monoisotopic (exact) mass is 972 g/mol. The fourth-order valence-electron chi connectivity index (χ4n) is 9.87. The van der Waals surface area contributed by atoms with Crippen LogP contribution < -0.4 is 10.9 Å². The maximum atomic E-state index is 14.0. The molecule has 2 atom stereocenters. The number of aromatic amines is 1. The summed E-state index contributed by atoms with van der Waals surface area (Å²) in [4.78, 5) is 33.6. The standard InChI is InChI=1S/C53H64N6O6S2Si/c1-52(2,3)68(5,6)65-44(39-22-24-43(60)49-40(39)23-27-48(61)55-49)33-54-32-35-31-42-50(41-16-10-15-38(35)41)59(57-56-42)29-12-28-58(4)36-18-20-37(21-19-36)64-51(62)53(63,46-17-11-30-66-46)47-26-25-45(67-47)34-13-8-7-9-14-34/h7-9,11,13-14,17,22-27,30-31,36-37,44,54,60,63H,10,12,15-16,18-21,28-29,32-33H2,1-6H3,(H,55,61)/t36?,37?,44-,53-/m0/s1. The van der Waals surface area contributed by atoms with Gasteiger partial charge >= 0.3 is 5.97 Å². The number of carbonyl (C=O) groups is 1. The van der Waals surface area contributed by atoms with Crippen LogP contribution in [0.25, 0.3) is 32.4 Å². The molecule has 0 amide bonds. The van der Waals surface area contributed by atoms with Crippen molar-refractivity contribution in [3.8, 4) is 16.2 Å². The van der Waals surface area contributed by atoms with Gasteiger partial charge in [-0.2, -0.15) is 0 Å². The Balaban J connectivity index is 0.811. The van der Waals surface area contributed by atoms with Crippen LogP contribution in [0.5, 0.6) is 5.75 Å². The summed E-state index contributed by atoms with van der Waals surface area (Å²) < 4.78 is 15.3. The van der Waals surface area contributed by atoms with Crippen LogP contribution in [0.2, 0.25) is 18.1 Å². The van der Waals surface area contributed by atoms with Crippen LogP contribution in [0.15, 0.2) is 95.1 Å². The Morgan fingerprint density at radius 1 is 0.985 bits per heavy atom. The minimum atomic E-state index is -2.23. The molecule has 358 valence electrons. The smallest absolute Gasteiger partial charge is 0.349 e. The number of nitrogens with zero attached hydrogens (tertiary/aromatic N) is 4. The SMILES string of the molecule is CN(CCCn1nnc2cc(CNC[C@H](O[Si](C)(C)C(C)(C)C)c3ccc(O)c4[nH]c(=O)ccc34)c3c(c21)CCC3)C1CCC(OC(=O)[C@](O)(c2cccs2)c2ccc(-c3ccccc3)s2)CC1. The number of aromatic hydroxyl groups is 1. The average molecular weight is 973 g/mol. The number of aryl methyl sites for hydroxylation is 2. The molecule has 68 heavy (non-hydrogen) atoms. The van der Waals surface area contributed by atoms with Crippen molar-refractivity contribution in [2.24, 2.45) is 0 Å². The van der Waals surface area contributed by atoms with Gasteiger partial charge in [-0.05, 0) is 153 Å². The molecule has 4 heterocycles. The molecule has 3 aromatic carbocycles. The molecule has 9 rings (SSSR count). The quantitative estimate of drug-likeness (QED) is 0.0512. The van der Waals surface area contributed by atoms with E-state index in [4.69, 9.17) is 19.5 Å². The van der Waals surface area contributed by atoms with Crippen molar-refractivity contribution in [1.82, 2.24) is 30.2 Å². The molecule has 0 radical (unpaired) electrons. The van der Waals surface area contributed by atoms with Crippen LogP contribution in [-0.4, -0.2) is 81.7 Å². The number of rotatable bonds is 17. The van der Waals surface area contributed by atoms with E-state index in [9.17, 15) is 19.8 Å². The first-order valence-corrected chi connectivity index (χ1v) is 28.6. The van der Waals surface area contributed by atoms with E-state index in [1.54, 1.807) is 12.1 Å². The first kappa shape index (κ1) is 48.0. The van der Waals surface area contributed by atoms with E-state index in [1.165, 1.54) is 45.4 Å². The lowest BCUT2D eigenvalue weighted by molar-refractivity contribution is -0.169. The number of pyridine rings is 1. The molecule has 0 unspecified atom stereocenters. The predicted octanol–water partition coefficient (Wildman–Crippen LogP) is 10.2. The molecule has 12 nitrogen and oxygen atoms in total. The Labute approximate surface area is 407 Å². The van der Waals surface area contributed by atoms with Gasteiger partial charge in [0.05, 0.1) is 26.9 Å². The maximum absolute atomic E-state index is 14.0. The van der Waals surface area contributed by atoms with Crippen LogP contribution in [0.4, 0.5) is 0 Å². The zero-order valence-electron chi connectivity index (χ0n) is 40.0. The normalized spacial score (nSPS) is 18.0. The highest BCUT2D eigenvalue weighted by atomic mass is 32.1. The van der Waals surface area contributed by atoms with Crippen molar-refractivity contribution in [1.29, 1.82) is 0 Å². The van der Waals surface area contributed by atoms with Gasteiger partial charge in [-0.3, -0.25) is 4.79 Å². The fourth-order valence-corrected chi connectivity index (χ4v) is 13.1. The molecule has 0 saturated heterocycles. The number of fused-ring (bicyclic) bond motifs is 4. The van der Waals surface area contributed by atoms with Crippen LogP contribution in [-0.2, 0) is 45.5 Å². The highest BCUT2D eigenvalue weighted by Gasteiger charge is 2.46. The number of nitrogens with one attached hydrogen (secondary N) is 2. The van der Waals surface area contributed by atoms with Crippen LogP contribution in [0, 0.1) is 0 Å². The Bertz CT molecular complexity index is 2940. The number of aromatic nitrogens is 4. The van der Waals surface area contributed by atoms with Gasteiger partial charge in [0.25, 0.3) is 0 Å². The van der Waals surface area contributed by atoms with Gasteiger partial charge in [0.2, 0.25) is 11.2 Å². The largest absolute Gasteiger partial charge is 0.506 e. The summed E-state index contributed by atoms with van der Waals surface area (Å²) in [5.41, 5.74) is 6.34. The van der Waals surface area contributed by atoms with Crippen LogP contribution in [0.3, 0.4) is 0 Å². The van der Waals surface area contributed by atoms with Crippen LogP contribution in [0.1, 0.15) is 97.4 Å². The Morgan fingerprint density at radius 2 is 1.76 bits per heavy atom. The van der Waals surface area contributed by atoms with E-state index in [2.05, 4.69) is 66.9 Å². The summed E-state index contributed by atoms with van der Waals surface area (Å²) in [6.45, 7) is 14.1. The van der Waals surface area contributed by atoms with E-state index < -0.39 is 19.9 Å². The number of phenolic OH excluding ortho intramolecular Hbond substituents is 1. The molecule has 1 saturated carbocycles. The molecule has 2 aliphatic carbocycles. The van der Waals surface area contributed by atoms with Crippen molar-refractivity contribution in [3.63, 3.8) is 0 Å². The number of esters is 1. The molecule has 0 bridgehead atoms. The number of hydrogen-bond donors (Lipinski definition) is 4. The van der Waals surface area contributed by atoms with E-state index >= 15 is 0 Å².